The van der Waals surface area contributed by atoms with Crippen LogP contribution in [0.3, 0.4) is 0 Å². The van der Waals surface area contributed by atoms with Gasteiger partial charge in [-0.25, -0.2) is 0 Å². The van der Waals surface area contributed by atoms with Gasteiger partial charge in [0, 0.05) is 17.7 Å². The molecule has 1 aromatic carbocycles. The minimum atomic E-state index is 0.621. The van der Waals surface area contributed by atoms with E-state index in [2.05, 4.69) is 6.92 Å². The van der Waals surface area contributed by atoms with Crippen molar-refractivity contribution in [2.75, 3.05) is 21.3 Å². The molecule has 0 fully saturated rings. The number of ether oxygens (including phenoxy) is 3. The average molecular weight is 195 g/mol. The molecule has 0 atom stereocenters. The predicted octanol–water partition coefficient (Wildman–Crippen LogP) is 2.09. The summed E-state index contributed by atoms with van der Waals surface area (Å²) < 4.78 is 15.6. The third-order valence-electron chi connectivity index (χ3n) is 2.07. The molecule has 0 aliphatic carbocycles. The van der Waals surface area contributed by atoms with Gasteiger partial charge in [-0.3, -0.25) is 0 Å². The van der Waals surface area contributed by atoms with E-state index in [1.54, 1.807) is 21.3 Å². The molecule has 0 aliphatic heterocycles. The summed E-state index contributed by atoms with van der Waals surface area (Å²) in [5.41, 5.74) is 0.954. The Morgan fingerprint density at radius 1 is 1.00 bits per heavy atom. The van der Waals surface area contributed by atoms with Gasteiger partial charge in [0.1, 0.15) is 17.2 Å². The third-order valence-corrected chi connectivity index (χ3v) is 2.07. The topological polar surface area (TPSA) is 27.7 Å². The van der Waals surface area contributed by atoms with Gasteiger partial charge in [0.2, 0.25) is 0 Å². The Morgan fingerprint density at radius 3 is 1.79 bits per heavy atom. The summed E-state index contributed by atoms with van der Waals surface area (Å²) in [5.74, 6) is 2.21. The first-order valence-corrected chi connectivity index (χ1v) is 4.35. The van der Waals surface area contributed by atoms with E-state index in [1.165, 1.54) is 0 Å². The molecule has 3 heteroatoms. The van der Waals surface area contributed by atoms with Crippen LogP contribution in [0, 0.1) is 6.92 Å². The highest BCUT2D eigenvalue weighted by Crippen LogP contribution is 2.33. The van der Waals surface area contributed by atoms with Crippen LogP contribution in [0.4, 0.5) is 0 Å². The molecule has 0 aromatic heterocycles. The summed E-state index contributed by atoms with van der Waals surface area (Å²) in [6.45, 7) is 3.83. The lowest BCUT2D eigenvalue weighted by Gasteiger charge is -2.13. The van der Waals surface area contributed by atoms with Crippen molar-refractivity contribution in [3.63, 3.8) is 0 Å². The molecule has 0 unspecified atom stereocenters. The molecule has 0 saturated carbocycles. The zero-order valence-electron chi connectivity index (χ0n) is 8.79. The van der Waals surface area contributed by atoms with Crippen LogP contribution in [0.5, 0.6) is 17.2 Å². The summed E-state index contributed by atoms with van der Waals surface area (Å²) in [6, 6.07) is 3.64. The lowest BCUT2D eigenvalue weighted by atomic mass is 10.1. The monoisotopic (exact) mass is 195 g/mol. The minimum absolute atomic E-state index is 0.621. The van der Waals surface area contributed by atoms with E-state index in [4.69, 9.17) is 14.2 Å². The Hall–Kier alpha value is -1.38. The molecule has 1 rings (SSSR count). The molecular formula is C11H15O3. The smallest absolute Gasteiger partial charge is 0.129 e. The number of methoxy groups -OCH3 is 3. The zero-order valence-corrected chi connectivity index (χ0v) is 8.79. The van der Waals surface area contributed by atoms with Crippen molar-refractivity contribution in [2.24, 2.45) is 0 Å². The maximum atomic E-state index is 5.22. The second-order valence-corrected chi connectivity index (χ2v) is 2.76. The lowest BCUT2D eigenvalue weighted by molar-refractivity contribution is 0.370. The molecule has 0 N–H and O–H groups in total. The van der Waals surface area contributed by atoms with E-state index < -0.39 is 0 Å². The summed E-state index contributed by atoms with van der Waals surface area (Å²) in [5, 5.41) is 0. The Kier molecular flexibility index (Phi) is 3.63. The maximum Gasteiger partial charge on any atom is 0.129 e. The van der Waals surface area contributed by atoms with Gasteiger partial charge in [-0.15, -0.1) is 0 Å². The number of hydrogen-bond acceptors (Lipinski definition) is 3. The molecular weight excluding hydrogens is 180 g/mol. The van der Waals surface area contributed by atoms with E-state index in [-0.39, 0.29) is 0 Å². The standard InChI is InChI=1S/C11H15O3/c1-5-9-10(13-3)6-8(12-2)7-11(9)14-4/h6-7H,1,5H2,2-4H3. The summed E-state index contributed by atoms with van der Waals surface area (Å²) in [4.78, 5) is 0. The van der Waals surface area contributed by atoms with Crippen molar-refractivity contribution in [2.45, 2.75) is 6.42 Å². The van der Waals surface area contributed by atoms with E-state index in [0.717, 1.165) is 22.8 Å². The molecule has 0 aliphatic rings. The molecule has 3 nitrogen and oxygen atoms in total. The first kappa shape index (κ1) is 10.7. The average Bonchev–Trinajstić information content (AvgIpc) is 2.26. The van der Waals surface area contributed by atoms with Gasteiger partial charge in [0.25, 0.3) is 0 Å². The van der Waals surface area contributed by atoms with Crippen LogP contribution in [0.25, 0.3) is 0 Å². The Labute approximate surface area is 84.6 Å². The molecule has 14 heavy (non-hydrogen) atoms. The van der Waals surface area contributed by atoms with Crippen LogP contribution in [0.15, 0.2) is 12.1 Å². The van der Waals surface area contributed by atoms with Crippen LogP contribution in [-0.4, -0.2) is 21.3 Å². The van der Waals surface area contributed by atoms with Crippen molar-refractivity contribution in [1.82, 2.24) is 0 Å². The van der Waals surface area contributed by atoms with Gasteiger partial charge in [0.05, 0.1) is 21.3 Å². The second kappa shape index (κ2) is 4.74. The molecule has 1 radical (unpaired) electrons. The molecule has 0 spiro atoms. The number of hydrogen-bond donors (Lipinski definition) is 0. The van der Waals surface area contributed by atoms with Crippen LogP contribution in [0.1, 0.15) is 5.56 Å². The van der Waals surface area contributed by atoms with Crippen molar-refractivity contribution in [1.29, 1.82) is 0 Å². The first-order valence-electron chi connectivity index (χ1n) is 4.35. The Balaban J connectivity index is 3.24. The molecule has 0 bridgehead atoms. The van der Waals surface area contributed by atoms with Gasteiger partial charge in [-0.2, -0.15) is 0 Å². The summed E-state index contributed by atoms with van der Waals surface area (Å²) >= 11 is 0. The zero-order chi connectivity index (χ0) is 10.6. The van der Waals surface area contributed by atoms with E-state index in [9.17, 15) is 0 Å². The molecule has 0 amide bonds. The van der Waals surface area contributed by atoms with Gasteiger partial charge < -0.3 is 14.2 Å². The van der Waals surface area contributed by atoms with Crippen LogP contribution in [-0.2, 0) is 6.42 Å². The van der Waals surface area contributed by atoms with Gasteiger partial charge in [-0.1, -0.05) is 0 Å². The fourth-order valence-electron chi connectivity index (χ4n) is 1.32. The minimum Gasteiger partial charge on any atom is -0.496 e. The Bertz CT molecular complexity index is 282. The van der Waals surface area contributed by atoms with Crippen LogP contribution in [0.2, 0.25) is 0 Å². The number of benzene rings is 1. The van der Waals surface area contributed by atoms with Crippen molar-refractivity contribution >= 4 is 0 Å². The normalized spacial score (nSPS) is 9.71. The highest BCUT2D eigenvalue weighted by molar-refractivity contribution is 5.50. The maximum absolute atomic E-state index is 5.22. The molecule has 1 aromatic rings. The molecule has 0 saturated heterocycles. The summed E-state index contributed by atoms with van der Waals surface area (Å²) in [6.07, 6.45) is 0.621. The quantitative estimate of drug-likeness (QED) is 0.736. The van der Waals surface area contributed by atoms with Gasteiger partial charge >= 0.3 is 0 Å². The fraction of sp³-hybridized carbons (Fsp3) is 0.364. The van der Waals surface area contributed by atoms with Gasteiger partial charge in [-0.05, 0) is 13.3 Å². The van der Waals surface area contributed by atoms with Crippen molar-refractivity contribution in [3.05, 3.63) is 24.6 Å². The largest absolute Gasteiger partial charge is 0.496 e. The third kappa shape index (κ3) is 1.92. The summed E-state index contributed by atoms with van der Waals surface area (Å²) in [7, 11) is 4.85. The van der Waals surface area contributed by atoms with Crippen molar-refractivity contribution < 1.29 is 14.2 Å². The van der Waals surface area contributed by atoms with E-state index in [1.807, 2.05) is 12.1 Å². The fourth-order valence-corrected chi connectivity index (χ4v) is 1.32. The first-order chi connectivity index (χ1) is 6.76. The second-order valence-electron chi connectivity index (χ2n) is 2.76. The van der Waals surface area contributed by atoms with E-state index >= 15 is 0 Å². The lowest BCUT2D eigenvalue weighted by Crippen LogP contribution is -1.97. The number of rotatable bonds is 4. The van der Waals surface area contributed by atoms with Crippen LogP contribution < -0.4 is 14.2 Å². The highest BCUT2D eigenvalue weighted by Gasteiger charge is 2.10. The van der Waals surface area contributed by atoms with Gasteiger partial charge in [0.15, 0.2) is 0 Å². The molecule has 0 heterocycles. The van der Waals surface area contributed by atoms with Crippen molar-refractivity contribution in [3.8, 4) is 17.2 Å². The van der Waals surface area contributed by atoms with Crippen LogP contribution >= 0.6 is 0 Å². The Morgan fingerprint density at radius 2 is 1.50 bits per heavy atom. The highest BCUT2D eigenvalue weighted by atomic mass is 16.5. The molecule has 77 valence electrons. The SMILES string of the molecule is [CH2]Cc1c(OC)cc(OC)cc1OC. The van der Waals surface area contributed by atoms with E-state index in [0.29, 0.717) is 6.42 Å². The predicted molar refractivity (Wildman–Crippen MR) is 55.2 cm³/mol.